The lowest BCUT2D eigenvalue weighted by Crippen LogP contribution is -2.31. The van der Waals surface area contributed by atoms with E-state index in [-0.39, 0.29) is 5.56 Å². The zero-order valence-electron chi connectivity index (χ0n) is 11.9. The zero-order chi connectivity index (χ0) is 15.6. The van der Waals surface area contributed by atoms with Gasteiger partial charge in [0.15, 0.2) is 5.60 Å². The summed E-state index contributed by atoms with van der Waals surface area (Å²) in [5, 5.41) is 21.2. The summed E-state index contributed by atoms with van der Waals surface area (Å²) < 4.78 is 5.08. The third kappa shape index (κ3) is 4.24. The summed E-state index contributed by atoms with van der Waals surface area (Å²) in [6.07, 6.45) is -0.602. The van der Waals surface area contributed by atoms with E-state index in [2.05, 4.69) is 5.32 Å². The fraction of sp³-hybridized carbons (Fsp3) is 0.429. The van der Waals surface area contributed by atoms with Crippen molar-refractivity contribution in [3.63, 3.8) is 0 Å². The van der Waals surface area contributed by atoms with Crippen LogP contribution in [0, 0.1) is 0 Å². The highest BCUT2D eigenvalue weighted by Gasteiger charge is 2.31. The molecule has 0 aliphatic carbocycles. The van der Waals surface area contributed by atoms with E-state index in [0.29, 0.717) is 5.69 Å². The van der Waals surface area contributed by atoms with Crippen LogP contribution in [0.3, 0.4) is 0 Å². The van der Waals surface area contributed by atoms with Crippen molar-refractivity contribution in [2.45, 2.75) is 38.9 Å². The lowest BCUT2D eigenvalue weighted by Gasteiger charge is -2.20. The van der Waals surface area contributed by atoms with Crippen LogP contribution in [0.15, 0.2) is 24.3 Å². The van der Waals surface area contributed by atoms with Gasteiger partial charge in [0, 0.05) is 5.69 Å². The van der Waals surface area contributed by atoms with Gasteiger partial charge >= 0.3 is 12.1 Å². The lowest BCUT2D eigenvalue weighted by molar-refractivity contribution is -0.157. The van der Waals surface area contributed by atoms with E-state index in [1.807, 2.05) is 0 Å². The Balaban J connectivity index is 2.78. The van der Waals surface area contributed by atoms with Crippen molar-refractivity contribution in [1.29, 1.82) is 0 Å². The fourth-order valence-corrected chi connectivity index (χ4v) is 1.42. The molecule has 6 heteroatoms. The first kappa shape index (κ1) is 16.0. The summed E-state index contributed by atoms with van der Waals surface area (Å²) in [6.45, 7) is 6.44. The minimum Gasteiger partial charge on any atom is -0.479 e. The Morgan fingerprint density at radius 3 is 2.00 bits per heavy atom. The number of carboxylic acids is 1. The first-order chi connectivity index (χ1) is 9.02. The number of nitrogens with one attached hydrogen (secondary N) is 1. The van der Waals surface area contributed by atoms with Crippen LogP contribution in [-0.4, -0.2) is 27.9 Å². The van der Waals surface area contributed by atoms with Gasteiger partial charge in [-0.15, -0.1) is 0 Å². The smallest absolute Gasteiger partial charge is 0.412 e. The number of carbonyl (C=O) groups excluding carboxylic acids is 1. The Bertz CT molecular complexity index is 499. The molecule has 0 aliphatic rings. The van der Waals surface area contributed by atoms with Gasteiger partial charge in [-0.1, -0.05) is 12.1 Å². The van der Waals surface area contributed by atoms with Crippen molar-refractivity contribution in [2.24, 2.45) is 0 Å². The quantitative estimate of drug-likeness (QED) is 0.790. The molecule has 0 saturated carbocycles. The predicted molar refractivity (Wildman–Crippen MR) is 73.5 cm³/mol. The van der Waals surface area contributed by atoms with E-state index in [1.54, 1.807) is 20.8 Å². The second kappa shape index (κ2) is 5.50. The SMILES string of the molecule is CC(C)(C)OC(=O)Nc1ccc(C(C)(O)C(=O)O)cc1. The molecule has 1 unspecified atom stereocenters. The van der Waals surface area contributed by atoms with Crippen LogP contribution in [0.5, 0.6) is 0 Å². The predicted octanol–water partition coefficient (Wildman–Crippen LogP) is 2.33. The molecule has 0 bridgehead atoms. The summed E-state index contributed by atoms with van der Waals surface area (Å²) in [5.41, 5.74) is -1.90. The number of rotatable bonds is 3. The maximum atomic E-state index is 11.5. The van der Waals surface area contributed by atoms with Gasteiger partial charge in [-0.25, -0.2) is 9.59 Å². The summed E-state index contributed by atoms with van der Waals surface area (Å²) >= 11 is 0. The average Bonchev–Trinajstić information content (AvgIpc) is 2.26. The van der Waals surface area contributed by atoms with Gasteiger partial charge in [0.25, 0.3) is 0 Å². The van der Waals surface area contributed by atoms with Crippen LogP contribution in [-0.2, 0) is 15.1 Å². The molecular weight excluding hydrogens is 262 g/mol. The molecule has 0 heterocycles. The lowest BCUT2D eigenvalue weighted by atomic mass is 9.96. The molecule has 1 aromatic carbocycles. The highest BCUT2D eigenvalue weighted by Crippen LogP contribution is 2.22. The van der Waals surface area contributed by atoms with Gasteiger partial charge in [0.2, 0.25) is 0 Å². The Hall–Kier alpha value is -2.08. The minimum atomic E-state index is -1.97. The summed E-state index contributed by atoms with van der Waals surface area (Å²) in [5.74, 6) is -1.34. The highest BCUT2D eigenvalue weighted by molar-refractivity contribution is 5.85. The van der Waals surface area contributed by atoms with Crippen LogP contribution < -0.4 is 5.32 Å². The molecule has 3 N–H and O–H groups in total. The van der Waals surface area contributed by atoms with E-state index in [0.717, 1.165) is 0 Å². The maximum Gasteiger partial charge on any atom is 0.412 e. The molecule has 0 aliphatic heterocycles. The van der Waals surface area contributed by atoms with Crippen molar-refractivity contribution in [2.75, 3.05) is 5.32 Å². The van der Waals surface area contributed by atoms with Gasteiger partial charge in [0.1, 0.15) is 5.60 Å². The normalized spacial score (nSPS) is 14.2. The van der Waals surface area contributed by atoms with Crippen LogP contribution >= 0.6 is 0 Å². The van der Waals surface area contributed by atoms with E-state index in [1.165, 1.54) is 31.2 Å². The van der Waals surface area contributed by atoms with Crippen molar-refractivity contribution >= 4 is 17.7 Å². The molecule has 6 nitrogen and oxygen atoms in total. The number of hydrogen-bond donors (Lipinski definition) is 3. The van der Waals surface area contributed by atoms with E-state index in [9.17, 15) is 14.7 Å². The minimum absolute atomic E-state index is 0.222. The topological polar surface area (TPSA) is 95.9 Å². The number of hydrogen-bond acceptors (Lipinski definition) is 4. The number of ether oxygens (including phenoxy) is 1. The number of amides is 1. The van der Waals surface area contributed by atoms with Crippen molar-refractivity contribution in [3.05, 3.63) is 29.8 Å². The molecule has 0 fully saturated rings. The van der Waals surface area contributed by atoms with E-state index >= 15 is 0 Å². The number of benzene rings is 1. The van der Waals surface area contributed by atoms with E-state index in [4.69, 9.17) is 9.84 Å². The fourth-order valence-electron chi connectivity index (χ4n) is 1.42. The van der Waals surface area contributed by atoms with Crippen molar-refractivity contribution < 1.29 is 24.5 Å². The molecule has 0 radical (unpaired) electrons. The van der Waals surface area contributed by atoms with E-state index < -0.39 is 23.3 Å². The molecule has 1 aromatic rings. The molecule has 0 aromatic heterocycles. The number of aliphatic carboxylic acids is 1. The summed E-state index contributed by atoms with van der Waals surface area (Å²) in [7, 11) is 0. The monoisotopic (exact) mass is 281 g/mol. The van der Waals surface area contributed by atoms with Gasteiger partial charge in [-0.05, 0) is 45.4 Å². The van der Waals surface area contributed by atoms with Gasteiger partial charge in [-0.3, -0.25) is 5.32 Å². The largest absolute Gasteiger partial charge is 0.479 e. The number of aliphatic hydroxyl groups is 1. The van der Waals surface area contributed by atoms with Gasteiger partial charge < -0.3 is 14.9 Å². The number of carboxylic acid groups (broad SMARTS) is 1. The second-order valence-electron chi connectivity index (χ2n) is 5.58. The standard InChI is InChI=1S/C14H19NO5/c1-13(2,3)20-12(18)15-10-7-5-9(6-8-10)14(4,19)11(16)17/h5-8,19H,1-4H3,(H,15,18)(H,16,17). The van der Waals surface area contributed by atoms with Crippen LogP contribution in [0.1, 0.15) is 33.3 Å². The molecule has 1 amide bonds. The molecular formula is C14H19NO5. The molecule has 0 saturated heterocycles. The van der Waals surface area contributed by atoms with Crippen LogP contribution in [0.4, 0.5) is 10.5 Å². The summed E-state index contributed by atoms with van der Waals surface area (Å²) in [6, 6.07) is 5.86. The highest BCUT2D eigenvalue weighted by atomic mass is 16.6. The first-order valence-corrected chi connectivity index (χ1v) is 6.09. The molecule has 110 valence electrons. The maximum absolute atomic E-state index is 11.5. The third-order valence-electron chi connectivity index (χ3n) is 2.51. The molecule has 0 spiro atoms. The Morgan fingerprint density at radius 1 is 1.10 bits per heavy atom. The van der Waals surface area contributed by atoms with Crippen LogP contribution in [0.25, 0.3) is 0 Å². The Kier molecular flexibility index (Phi) is 4.39. The Morgan fingerprint density at radius 2 is 1.60 bits per heavy atom. The zero-order valence-corrected chi connectivity index (χ0v) is 11.9. The molecule has 1 rings (SSSR count). The van der Waals surface area contributed by atoms with Crippen LogP contribution in [0.2, 0.25) is 0 Å². The van der Waals surface area contributed by atoms with Crippen molar-refractivity contribution in [3.8, 4) is 0 Å². The van der Waals surface area contributed by atoms with Gasteiger partial charge in [0.05, 0.1) is 0 Å². The molecule has 1 atom stereocenters. The summed E-state index contributed by atoms with van der Waals surface area (Å²) in [4.78, 5) is 22.4. The Labute approximate surface area is 117 Å². The van der Waals surface area contributed by atoms with Crippen molar-refractivity contribution in [1.82, 2.24) is 0 Å². The van der Waals surface area contributed by atoms with Gasteiger partial charge in [-0.2, -0.15) is 0 Å². The number of anilines is 1. The second-order valence-corrected chi connectivity index (χ2v) is 5.58. The molecule has 20 heavy (non-hydrogen) atoms. The first-order valence-electron chi connectivity index (χ1n) is 6.09. The average molecular weight is 281 g/mol. The third-order valence-corrected chi connectivity index (χ3v) is 2.51. The number of carbonyl (C=O) groups is 2.